The van der Waals surface area contributed by atoms with E-state index >= 15 is 0 Å². The zero-order valence-corrected chi connectivity index (χ0v) is 9.16. The summed E-state index contributed by atoms with van der Waals surface area (Å²) in [7, 11) is 0. The molecule has 0 radical (unpaired) electrons. The molecule has 0 fully saturated rings. The Kier molecular flexibility index (Phi) is 4.70. The van der Waals surface area contributed by atoms with Gasteiger partial charge in [-0.15, -0.1) is 0 Å². The molecule has 0 spiro atoms. The lowest BCUT2D eigenvalue weighted by atomic mass is 10.1. The monoisotopic (exact) mass is 195 g/mol. The van der Waals surface area contributed by atoms with E-state index < -0.39 is 0 Å². The second kappa shape index (κ2) is 5.83. The molecule has 0 aromatic carbocycles. The average molecular weight is 195 g/mol. The maximum atomic E-state index is 5.64. The number of rotatable bonds is 6. The predicted octanol–water partition coefficient (Wildman–Crippen LogP) is 1.75. The van der Waals surface area contributed by atoms with E-state index in [1.54, 1.807) is 0 Å². The van der Waals surface area contributed by atoms with Crippen LogP contribution in [0.25, 0.3) is 0 Å². The van der Waals surface area contributed by atoms with Crippen LogP contribution < -0.4 is 5.73 Å². The van der Waals surface area contributed by atoms with E-state index in [1.807, 2.05) is 12.3 Å². The molecule has 14 heavy (non-hydrogen) atoms. The molecule has 3 nitrogen and oxygen atoms in total. The van der Waals surface area contributed by atoms with Gasteiger partial charge in [0.1, 0.15) is 0 Å². The topological polar surface area (TPSA) is 45.0 Å². The Morgan fingerprint density at radius 3 is 2.57 bits per heavy atom. The van der Waals surface area contributed by atoms with Crippen molar-refractivity contribution >= 4 is 0 Å². The van der Waals surface area contributed by atoms with Crippen LogP contribution in [0, 0.1) is 0 Å². The summed E-state index contributed by atoms with van der Waals surface area (Å²) < 4.78 is 0. The zero-order chi connectivity index (χ0) is 10.4. The lowest BCUT2D eigenvalue weighted by molar-refractivity contribution is 0.207. The molecule has 0 saturated carbocycles. The maximum absolute atomic E-state index is 5.64. The first-order valence-corrected chi connectivity index (χ1v) is 5.40. The van der Waals surface area contributed by atoms with Crippen molar-refractivity contribution in [1.82, 2.24) is 9.88 Å². The Morgan fingerprint density at radius 2 is 2.14 bits per heavy atom. The third kappa shape index (κ3) is 2.59. The molecule has 1 unspecified atom stereocenters. The number of aromatic amines is 1. The molecule has 1 aromatic heterocycles. The molecule has 1 rings (SSSR count). The van der Waals surface area contributed by atoms with Crippen molar-refractivity contribution in [2.24, 2.45) is 5.73 Å². The molecule has 3 heteroatoms. The number of H-pyrrole nitrogens is 1. The zero-order valence-electron chi connectivity index (χ0n) is 9.16. The van der Waals surface area contributed by atoms with E-state index in [9.17, 15) is 0 Å². The number of nitrogens with two attached hydrogens (primary N) is 1. The quantitative estimate of drug-likeness (QED) is 0.726. The highest BCUT2D eigenvalue weighted by Gasteiger charge is 2.17. The molecule has 0 amide bonds. The Morgan fingerprint density at radius 1 is 1.43 bits per heavy atom. The van der Waals surface area contributed by atoms with Crippen molar-refractivity contribution in [3.05, 3.63) is 24.0 Å². The van der Waals surface area contributed by atoms with Gasteiger partial charge in [0.15, 0.2) is 0 Å². The Balaban J connectivity index is 2.72. The molecule has 0 aliphatic carbocycles. The van der Waals surface area contributed by atoms with Gasteiger partial charge in [-0.1, -0.05) is 13.8 Å². The van der Waals surface area contributed by atoms with Crippen LogP contribution in [0.4, 0.5) is 0 Å². The molecule has 0 bridgehead atoms. The third-order valence-electron chi connectivity index (χ3n) is 2.67. The first-order chi connectivity index (χ1) is 6.83. The number of nitrogens with one attached hydrogen (secondary N) is 1. The van der Waals surface area contributed by atoms with Crippen LogP contribution in [0.3, 0.4) is 0 Å². The summed E-state index contributed by atoms with van der Waals surface area (Å²) in [6.45, 7) is 7.26. The lowest BCUT2D eigenvalue weighted by Gasteiger charge is -2.28. The van der Waals surface area contributed by atoms with Crippen molar-refractivity contribution in [1.29, 1.82) is 0 Å². The SMILES string of the molecule is CCN(CC)C(CCN)c1ccc[nH]1. The van der Waals surface area contributed by atoms with E-state index in [2.05, 4.69) is 29.8 Å². The summed E-state index contributed by atoms with van der Waals surface area (Å²) in [5.41, 5.74) is 6.92. The van der Waals surface area contributed by atoms with Crippen LogP contribution >= 0.6 is 0 Å². The van der Waals surface area contributed by atoms with Gasteiger partial charge in [0, 0.05) is 11.9 Å². The van der Waals surface area contributed by atoms with E-state index in [0.717, 1.165) is 26.1 Å². The van der Waals surface area contributed by atoms with Crippen LogP contribution in [0.2, 0.25) is 0 Å². The highest BCUT2D eigenvalue weighted by molar-refractivity contribution is 5.09. The van der Waals surface area contributed by atoms with Crippen LogP contribution in [-0.4, -0.2) is 29.5 Å². The van der Waals surface area contributed by atoms with Gasteiger partial charge in [0.25, 0.3) is 0 Å². The molecule has 0 aliphatic rings. The molecule has 80 valence electrons. The van der Waals surface area contributed by atoms with Crippen LogP contribution in [0.15, 0.2) is 18.3 Å². The van der Waals surface area contributed by atoms with Gasteiger partial charge < -0.3 is 10.7 Å². The normalized spacial score (nSPS) is 13.4. The average Bonchev–Trinajstić information content (AvgIpc) is 2.71. The van der Waals surface area contributed by atoms with E-state index in [4.69, 9.17) is 5.73 Å². The number of nitrogens with zero attached hydrogens (tertiary/aromatic N) is 1. The molecule has 1 heterocycles. The van der Waals surface area contributed by atoms with Crippen molar-refractivity contribution in [2.45, 2.75) is 26.3 Å². The van der Waals surface area contributed by atoms with Crippen molar-refractivity contribution in [3.8, 4) is 0 Å². The predicted molar refractivity (Wildman–Crippen MR) is 60.1 cm³/mol. The summed E-state index contributed by atoms with van der Waals surface area (Å²) in [5, 5.41) is 0. The minimum absolute atomic E-state index is 0.449. The second-order valence-electron chi connectivity index (χ2n) is 3.44. The molecule has 0 aliphatic heterocycles. The second-order valence-corrected chi connectivity index (χ2v) is 3.44. The summed E-state index contributed by atoms with van der Waals surface area (Å²) in [5.74, 6) is 0. The summed E-state index contributed by atoms with van der Waals surface area (Å²) in [6.07, 6.45) is 2.99. The smallest absolute Gasteiger partial charge is 0.0510 e. The standard InChI is InChI=1S/C11H21N3/c1-3-14(4-2)11(7-8-12)10-6-5-9-13-10/h5-6,9,11,13H,3-4,7-8,12H2,1-2H3. The third-order valence-corrected chi connectivity index (χ3v) is 2.67. The number of hydrogen-bond acceptors (Lipinski definition) is 2. The van der Waals surface area contributed by atoms with Crippen LogP contribution in [0.1, 0.15) is 32.0 Å². The Labute approximate surface area is 86.3 Å². The van der Waals surface area contributed by atoms with Crippen LogP contribution in [-0.2, 0) is 0 Å². The first kappa shape index (κ1) is 11.3. The fourth-order valence-corrected chi connectivity index (χ4v) is 1.91. The summed E-state index contributed by atoms with van der Waals surface area (Å²) in [6, 6.07) is 4.63. The Bertz CT molecular complexity index is 227. The molecule has 1 atom stereocenters. The lowest BCUT2D eigenvalue weighted by Crippen LogP contribution is -2.30. The Hall–Kier alpha value is -0.800. The molecular formula is C11H21N3. The number of hydrogen-bond donors (Lipinski definition) is 2. The minimum Gasteiger partial charge on any atom is -0.364 e. The van der Waals surface area contributed by atoms with Crippen molar-refractivity contribution in [2.75, 3.05) is 19.6 Å². The molecule has 0 saturated heterocycles. The fourth-order valence-electron chi connectivity index (χ4n) is 1.91. The van der Waals surface area contributed by atoms with Gasteiger partial charge in [0.2, 0.25) is 0 Å². The largest absolute Gasteiger partial charge is 0.364 e. The fraction of sp³-hybridized carbons (Fsp3) is 0.636. The highest BCUT2D eigenvalue weighted by Crippen LogP contribution is 2.21. The van der Waals surface area contributed by atoms with E-state index in [1.165, 1.54) is 5.69 Å². The minimum atomic E-state index is 0.449. The van der Waals surface area contributed by atoms with Gasteiger partial charge in [-0.2, -0.15) is 0 Å². The van der Waals surface area contributed by atoms with E-state index in [-0.39, 0.29) is 0 Å². The summed E-state index contributed by atoms with van der Waals surface area (Å²) in [4.78, 5) is 5.70. The van der Waals surface area contributed by atoms with Crippen LogP contribution in [0.5, 0.6) is 0 Å². The van der Waals surface area contributed by atoms with Crippen molar-refractivity contribution < 1.29 is 0 Å². The first-order valence-electron chi connectivity index (χ1n) is 5.40. The molecular weight excluding hydrogens is 174 g/mol. The van der Waals surface area contributed by atoms with Crippen molar-refractivity contribution in [3.63, 3.8) is 0 Å². The molecule has 1 aromatic rings. The summed E-state index contributed by atoms with van der Waals surface area (Å²) >= 11 is 0. The van der Waals surface area contributed by atoms with Gasteiger partial charge in [0.05, 0.1) is 6.04 Å². The van der Waals surface area contributed by atoms with Gasteiger partial charge >= 0.3 is 0 Å². The maximum Gasteiger partial charge on any atom is 0.0510 e. The molecule has 3 N–H and O–H groups in total. The highest BCUT2D eigenvalue weighted by atomic mass is 15.2. The number of aromatic nitrogens is 1. The van der Waals surface area contributed by atoms with Gasteiger partial charge in [-0.05, 0) is 38.2 Å². The van der Waals surface area contributed by atoms with Gasteiger partial charge in [-0.25, -0.2) is 0 Å². The van der Waals surface area contributed by atoms with Gasteiger partial charge in [-0.3, -0.25) is 4.90 Å². The van der Waals surface area contributed by atoms with E-state index in [0.29, 0.717) is 6.04 Å².